The van der Waals surface area contributed by atoms with Gasteiger partial charge in [0.15, 0.2) is 6.04 Å². The third-order valence-corrected chi connectivity index (χ3v) is 2.85. The molecule has 0 unspecified atom stereocenters. The van der Waals surface area contributed by atoms with Crippen molar-refractivity contribution < 1.29 is 19.8 Å². The largest absolute Gasteiger partial charge is 0.480 e. The van der Waals surface area contributed by atoms with E-state index in [1.165, 1.54) is 6.92 Å². The Labute approximate surface area is 109 Å². The number of rotatable bonds is 4. The maximum absolute atomic E-state index is 11.9. The van der Waals surface area contributed by atoms with Gasteiger partial charge in [0.25, 0.3) is 5.91 Å². The second-order valence-corrected chi connectivity index (χ2v) is 4.31. The molecule has 100 valence electrons. The molecule has 1 aromatic carbocycles. The molecule has 0 saturated carbocycles. The Balaban J connectivity index is 2.21. The SMILES string of the molecule is C[C@@H](O)[C@H](NC(=O)c1ccc2[nH]ccc2c1)C(=O)O. The zero-order valence-corrected chi connectivity index (χ0v) is 10.3. The molecule has 0 fully saturated rings. The third-order valence-electron chi connectivity index (χ3n) is 2.85. The van der Waals surface area contributed by atoms with E-state index in [1.54, 1.807) is 24.4 Å². The molecule has 0 aliphatic rings. The third kappa shape index (κ3) is 2.74. The summed E-state index contributed by atoms with van der Waals surface area (Å²) in [6.45, 7) is 1.31. The fourth-order valence-corrected chi connectivity index (χ4v) is 1.81. The molecule has 2 rings (SSSR count). The second kappa shape index (κ2) is 5.11. The van der Waals surface area contributed by atoms with Gasteiger partial charge in [-0.05, 0) is 31.2 Å². The number of carbonyl (C=O) groups excluding carboxylic acids is 1. The van der Waals surface area contributed by atoms with Crippen LogP contribution in [0.4, 0.5) is 0 Å². The second-order valence-electron chi connectivity index (χ2n) is 4.31. The maximum atomic E-state index is 11.9. The van der Waals surface area contributed by atoms with Crippen LogP contribution in [0.1, 0.15) is 17.3 Å². The zero-order valence-electron chi connectivity index (χ0n) is 10.3. The molecule has 0 radical (unpaired) electrons. The fraction of sp³-hybridized carbons (Fsp3) is 0.231. The first-order chi connectivity index (χ1) is 8.99. The Morgan fingerprint density at radius 1 is 1.32 bits per heavy atom. The minimum absolute atomic E-state index is 0.346. The van der Waals surface area contributed by atoms with Crippen LogP contribution in [0.15, 0.2) is 30.5 Å². The lowest BCUT2D eigenvalue weighted by Gasteiger charge is -2.16. The van der Waals surface area contributed by atoms with E-state index in [-0.39, 0.29) is 0 Å². The quantitative estimate of drug-likeness (QED) is 0.652. The Kier molecular flexibility index (Phi) is 3.52. The number of nitrogens with one attached hydrogen (secondary N) is 2. The summed E-state index contributed by atoms with van der Waals surface area (Å²) in [4.78, 5) is 25.8. The molecule has 0 aliphatic carbocycles. The van der Waals surface area contributed by atoms with Gasteiger partial charge in [-0.3, -0.25) is 4.79 Å². The van der Waals surface area contributed by atoms with Crippen LogP contribution >= 0.6 is 0 Å². The van der Waals surface area contributed by atoms with E-state index in [2.05, 4.69) is 10.3 Å². The number of carboxylic acid groups (broad SMARTS) is 1. The first kappa shape index (κ1) is 13.1. The number of aromatic amines is 1. The summed E-state index contributed by atoms with van der Waals surface area (Å²) in [7, 11) is 0. The van der Waals surface area contributed by atoms with E-state index in [4.69, 9.17) is 5.11 Å². The Morgan fingerprint density at radius 3 is 2.68 bits per heavy atom. The highest BCUT2D eigenvalue weighted by atomic mass is 16.4. The van der Waals surface area contributed by atoms with Crippen molar-refractivity contribution in [3.8, 4) is 0 Å². The molecule has 0 saturated heterocycles. The number of aliphatic carboxylic acids is 1. The molecule has 0 bridgehead atoms. The van der Waals surface area contributed by atoms with E-state index in [0.29, 0.717) is 5.56 Å². The first-order valence-electron chi connectivity index (χ1n) is 5.78. The Bertz CT molecular complexity index is 618. The van der Waals surface area contributed by atoms with Crippen molar-refractivity contribution in [2.45, 2.75) is 19.1 Å². The number of carbonyl (C=O) groups is 2. The molecule has 6 nitrogen and oxygen atoms in total. The lowest BCUT2D eigenvalue weighted by atomic mass is 10.1. The molecule has 2 aromatic rings. The highest BCUT2D eigenvalue weighted by molar-refractivity contribution is 5.99. The molecule has 1 heterocycles. The molecule has 6 heteroatoms. The zero-order chi connectivity index (χ0) is 14.0. The van der Waals surface area contributed by atoms with Gasteiger partial charge in [-0.25, -0.2) is 4.79 Å². The molecular formula is C13H14N2O4. The minimum atomic E-state index is -1.32. The van der Waals surface area contributed by atoms with Crippen LogP contribution in [0.3, 0.4) is 0 Å². The number of hydrogen-bond acceptors (Lipinski definition) is 3. The molecule has 1 aromatic heterocycles. The van der Waals surface area contributed by atoms with E-state index in [0.717, 1.165) is 10.9 Å². The Morgan fingerprint density at radius 2 is 2.05 bits per heavy atom. The minimum Gasteiger partial charge on any atom is -0.480 e. The number of aliphatic hydroxyl groups excluding tert-OH is 1. The van der Waals surface area contributed by atoms with E-state index in [9.17, 15) is 14.7 Å². The van der Waals surface area contributed by atoms with Crippen molar-refractivity contribution in [2.75, 3.05) is 0 Å². The summed E-state index contributed by atoms with van der Waals surface area (Å²) in [5.41, 5.74) is 1.24. The smallest absolute Gasteiger partial charge is 0.328 e. The molecule has 0 aliphatic heterocycles. The van der Waals surface area contributed by atoms with Crippen LogP contribution in [0.2, 0.25) is 0 Å². The average molecular weight is 262 g/mol. The number of H-pyrrole nitrogens is 1. The van der Waals surface area contributed by atoms with Gasteiger partial charge >= 0.3 is 5.97 Å². The van der Waals surface area contributed by atoms with Crippen molar-refractivity contribution in [3.05, 3.63) is 36.0 Å². The normalized spacial score (nSPS) is 14.0. The summed E-state index contributed by atoms with van der Waals surface area (Å²) in [5.74, 6) is -1.80. The number of aromatic nitrogens is 1. The van der Waals surface area contributed by atoms with Crippen LogP contribution in [-0.4, -0.2) is 39.2 Å². The van der Waals surface area contributed by atoms with Gasteiger partial charge < -0.3 is 20.5 Å². The van der Waals surface area contributed by atoms with E-state index < -0.39 is 24.0 Å². The van der Waals surface area contributed by atoms with E-state index >= 15 is 0 Å². The summed E-state index contributed by atoms with van der Waals surface area (Å²) >= 11 is 0. The summed E-state index contributed by atoms with van der Waals surface area (Å²) in [6.07, 6.45) is 0.583. The number of benzene rings is 1. The number of fused-ring (bicyclic) bond motifs is 1. The van der Waals surface area contributed by atoms with Crippen molar-refractivity contribution in [2.24, 2.45) is 0 Å². The lowest BCUT2D eigenvalue weighted by Crippen LogP contribution is -2.47. The molecule has 4 N–H and O–H groups in total. The highest BCUT2D eigenvalue weighted by Gasteiger charge is 2.25. The first-order valence-corrected chi connectivity index (χ1v) is 5.78. The van der Waals surface area contributed by atoms with Crippen LogP contribution in [0, 0.1) is 0 Å². The number of carboxylic acids is 1. The average Bonchev–Trinajstić information content (AvgIpc) is 2.81. The predicted octanol–water partition coefficient (Wildman–Crippen LogP) is 0.732. The number of aliphatic hydroxyl groups is 1. The van der Waals surface area contributed by atoms with Crippen LogP contribution in [0.25, 0.3) is 10.9 Å². The lowest BCUT2D eigenvalue weighted by molar-refractivity contribution is -0.141. The van der Waals surface area contributed by atoms with Gasteiger partial charge in [-0.1, -0.05) is 0 Å². The van der Waals surface area contributed by atoms with Gasteiger partial charge in [0, 0.05) is 22.7 Å². The Hall–Kier alpha value is -2.34. The topological polar surface area (TPSA) is 102 Å². The standard InChI is InChI=1S/C13H14N2O4/c1-7(16)11(13(18)19)15-12(17)9-2-3-10-8(6-9)4-5-14-10/h2-7,11,14,16H,1H3,(H,15,17)(H,18,19)/t7-,11+/m1/s1. The molecular weight excluding hydrogens is 248 g/mol. The van der Waals surface area contributed by atoms with Gasteiger partial charge in [-0.15, -0.1) is 0 Å². The predicted molar refractivity (Wildman–Crippen MR) is 68.9 cm³/mol. The van der Waals surface area contributed by atoms with Crippen molar-refractivity contribution in [1.82, 2.24) is 10.3 Å². The highest BCUT2D eigenvalue weighted by Crippen LogP contribution is 2.14. The number of hydrogen-bond donors (Lipinski definition) is 4. The molecule has 0 spiro atoms. The van der Waals surface area contributed by atoms with Gasteiger partial charge in [0.1, 0.15) is 0 Å². The fourth-order valence-electron chi connectivity index (χ4n) is 1.81. The van der Waals surface area contributed by atoms with Gasteiger partial charge in [-0.2, -0.15) is 0 Å². The van der Waals surface area contributed by atoms with Crippen LogP contribution in [-0.2, 0) is 4.79 Å². The van der Waals surface area contributed by atoms with Crippen molar-refractivity contribution in [3.63, 3.8) is 0 Å². The number of amides is 1. The van der Waals surface area contributed by atoms with Crippen molar-refractivity contribution >= 4 is 22.8 Å². The van der Waals surface area contributed by atoms with E-state index in [1.807, 2.05) is 6.07 Å². The van der Waals surface area contributed by atoms with Crippen LogP contribution < -0.4 is 5.32 Å². The monoisotopic (exact) mass is 262 g/mol. The maximum Gasteiger partial charge on any atom is 0.328 e. The molecule has 1 amide bonds. The summed E-state index contributed by atoms with van der Waals surface area (Å²) in [6, 6.07) is 5.48. The summed E-state index contributed by atoms with van der Waals surface area (Å²) < 4.78 is 0. The van der Waals surface area contributed by atoms with Crippen LogP contribution in [0.5, 0.6) is 0 Å². The van der Waals surface area contributed by atoms with Gasteiger partial charge in [0.2, 0.25) is 0 Å². The summed E-state index contributed by atoms with van der Waals surface area (Å²) in [5, 5.41) is 21.4. The van der Waals surface area contributed by atoms with Crippen molar-refractivity contribution in [1.29, 1.82) is 0 Å². The molecule has 19 heavy (non-hydrogen) atoms. The van der Waals surface area contributed by atoms with Gasteiger partial charge in [0.05, 0.1) is 6.10 Å². The molecule has 2 atom stereocenters.